The Morgan fingerprint density at radius 2 is 1.31 bits per heavy atom. The Labute approximate surface area is 267 Å². The number of nitrogens with one attached hydrogen (secondary N) is 1. The van der Waals surface area contributed by atoms with Crippen LogP contribution in [0.2, 0.25) is 0 Å². The average molecular weight is 611 g/mol. The Morgan fingerprint density at radius 3 is 2.02 bits per heavy atom. The molecule has 1 fully saturated rings. The number of hydrogen-bond acceptors (Lipinski definition) is 6. The lowest BCUT2D eigenvalue weighted by atomic mass is 10.0. The molecule has 3 aromatic carbocycles. The van der Waals surface area contributed by atoms with Gasteiger partial charge in [0.2, 0.25) is 0 Å². The fourth-order valence-corrected chi connectivity index (χ4v) is 6.30. The van der Waals surface area contributed by atoms with Gasteiger partial charge in [0.15, 0.2) is 0 Å². The first-order valence-corrected chi connectivity index (χ1v) is 16.5. The minimum atomic E-state index is -0.384. The smallest absolute Gasteiger partial charge is 0.411 e. The van der Waals surface area contributed by atoms with Crippen molar-refractivity contribution in [2.45, 2.75) is 57.5 Å². The van der Waals surface area contributed by atoms with E-state index in [4.69, 9.17) is 4.74 Å². The quantitative estimate of drug-likeness (QED) is 0.148. The summed E-state index contributed by atoms with van der Waals surface area (Å²) in [4.78, 5) is 43.9. The van der Waals surface area contributed by atoms with Crippen LogP contribution in [0.3, 0.4) is 0 Å². The SMILES string of the molecule is CN(CCCCCCCN1CCC(OC(=O)Nc2ccccc2-c2ccccc2)CC1)CCCN1C(=O)c2ccccc2C1=O. The third-order valence-electron chi connectivity index (χ3n) is 8.87. The molecule has 3 amide bonds. The lowest BCUT2D eigenvalue weighted by molar-refractivity contribution is 0.0583. The second kappa shape index (κ2) is 16.3. The number of imide groups is 1. The first-order valence-electron chi connectivity index (χ1n) is 16.5. The van der Waals surface area contributed by atoms with E-state index in [1.54, 1.807) is 24.3 Å². The third kappa shape index (κ3) is 9.02. The molecule has 8 nitrogen and oxygen atoms in total. The molecule has 2 aliphatic rings. The number of carbonyl (C=O) groups is 3. The minimum absolute atomic E-state index is 0.0465. The van der Waals surface area contributed by atoms with Gasteiger partial charge < -0.3 is 14.5 Å². The molecule has 0 aromatic heterocycles. The van der Waals surface area contributed by atoms with Crippen molar-refractivity contribution >= 4 is 23.6 Å². The van der Waals surface area contributed by atoms with Crippen molar-refractivity contribution in [2.24, 2.45) is 0 Å². The van der Waals surface area contributed by atoms with Crippen LogP contribution < -0.4 is 5.32 Å². The van der Waals surface area contributed by atoms with Crippen molar-refractivity contribution in [3.8, 4) is 11.1 Å². The molecule has 0 bridgehead atoms. The average Bonchev–Trinajstić information content (AvgIpc) is 3.30. The number of para-hydroxylation sites is 1. The predicted molar refractivity (Wildman–Crippen MR) is 178 cm³/mol. The summed E-state index contributed by atoms with van der Waals surface area (Å²) in [5, 5.41) is 2.96. The Bertz CT molecular complexity index is 1390. The van der Waals surface area contributed by atoms with Gasteiger partial charge >= 0.3 is 6.09 Å². The standard InChI is InChI=1S/C37H46N4O4/c1-39(24-14-26-41-35(42)32-18-8-9-19-33(32)36(41)43)23-12-3-2-4-13-25-40-27-21-30(22-28-40)45-37(44)38-34-20-11-10-17-31(34)29-15-6-5-7-16-29/h5-11,15-20,30H,2-4,12-14,21-28H2,1H3,(H,38,44). The van der Waals surface area contributed by atoms with Gasteiger partial charge in [-0.2, -0.15) is 0 Å². The highest BCUT2D eigenvalue weighted by atomic mass is 16.6. The minimum Gasteiger partial charge on any atom is -0.446 e. The van der Waals surface area contributed by atoms with Gasteiger partial charge in [-0.1, -0.05) is 79.9 Å². The summed E-state index contributed by atoms with van der Waals surface area (Å²) in [7, 11) is 2.11. The molecule has 0 atom stereocenters. The van der Waals surface area contributed by atoms with Crippen LogP contribution in [0.4, 0.5) is 10.5 Å². The third-order valence-corrected chi connectivity index (χ3v) is 8.87. The zero-order chi connectivity index (χ0) is 31.4. The van der Waals surface area contributed by atoms with Crippen LogP contribution in [-0.2, 0) is 4.74 Å². The number of fused-ring (bicyclic) bond motifs is 1. The largest absolute Gasteiger partial charge is 0.446 e. The topological polar surface area (TPSA) is 82.2 Å². The van der Waals surface area contributed by atoms with E-state index in [0.717, 1.165) is 75.2 Å². The first kappa shape index (κ1) is 32.4. The molecule has 5 rings (SSSR count). The number of benzene rings is 3. The summed E-state index contributed by atoms with van der Waals surface area (Å²) in [5.41, 5.74) is 3.85. The van der Waals surface area contributed by atoms with Crippen molar-refractivity contribution in [1.82, 2.24) is 14.7 Å². The van der Waals surface area contributed by atoms with E-state index in [1.807, 2.05) is 54.6 Å². The van der Waals surface area contributed by atoms with Gasteiger partial charge in [-0.15, -0.1) is 0 Å². The number of unbranched alkanes of at least 4 members (excludes halogenated alkanes) is 4. The van der Waals surface area contributed by atoms with E-state index in [2.05, 4.69) is 22.2 Å². The van der Waals surface area contributed by atoms with Crippen LogP contribution >= 0.6 is 0 Å². The molecule has 0 unspecified atom stereocenters. The number of carbonyl (C=O) groups excluding carboxylic acids is 3. The molecule has 1 saturated heterocycles. The molecule has 2 heterocycles. The molecule has 0 aliphatic carbocycles. The second-order valence-electron chi connectivity index (χ2n) is 12.2. The summed E-state index contributed by atoms with van der Waals surface area (Å²) in [5.74, 6) is -0.333. The predicted octanol–water partition coefficient (Wildman–Crippen LogP) is 6.94. The Hall–Kier alpha value is -4.01. The second-order valence-corrected chi connectivity index (χ2v) is 12.2. The van der Waals surface area contributed by atoms with E-state index >= 15 is 0 Å². The summed E-state index contributed by atoms with van der Waals surface area (Å²) in [6.45, 7) is 5.39. The maximum Gasteiger partial charge on any atom is 0.411 e. The van der Waals surface area contributed by atoms with Crippen LogP contribution in [-0.4, -0.2) is 85.0 Å². The molecular weight excluding hydrogens is 564 g/mol. The number of piperidine rings is 1. The molecular formula is C37H46N4O4. The number of likely N-dealkylation sites (tertiary alicyclic amines) is 1. The van der Waals surface area contributed by atoms with Crippen LogP contribution in [0.15, 0.2) is 78.9 Å². The van der Waals surface area contributed by atoms with Crippen molar-refractivity contribution in [2.75, 3.05) is 51.6 Å². The number of ether oxygens (including phenoxy) is 1. The molecule has 0 saturated carbocycles. The van der Waals surface area contributed by atoms with Gasteiger partial charge in [0, 0.05) is 25.2 Å². The molecule has 45 heavy (non-hydrogen) atoms. The van der Waals surface area contributed by atoms with Gasteiger partial charge in [0.1, 0.15) is 6.10 Å². The molecule has 2 aliphatic heterocycles. The Balaban J connectivity index is 0.881. The van der Waals surface area contributed by atoms with E-state index < -0.39 is 0 Å². The van der Waals surface area contributed by atoms with Crippen molar-refractivity contribution in [3.63, 3.8) is 0 Å². The molecule has 0 spiro atoms. The summed E-state index contributed by atoms with van der Waals surface area (Å²) < 4.78 is 5.78. The number of amides is 3. The maximum atomic E-state index is 12.7. The Morgan fingerprint density at radius 1 is 0.733 bits per heavy atom. The molecule has 0 radical (unpaired) electrons. The maximum absolute atomic E-state index is 12.7. The summed E-state index contributed by atoms with van der Waals surface area (Å²) in [6, 6.07) is 24.9. The van der Waals surface area contributed by atoms with Gasteiger partial charge in [-0.05, 0) is 82.5 Å². The van der Waals surface area contributed by atoms with Gasteiger partial charge in [-0.3, -0.25) is 19.8 Å². The van der Waals surface area contributed by atoms with E-state index in [-0.39, 0.29) is 24.0 Å². The number of rotatable bonds is 15. The lowest BCUT2D eigenvalue weighted by Gasteiger charge is -2.31. The van der Waals surface area contributed by atoms with Crippen LogP contribution in [0.5, 0.6) is 0 Å². The van der Waals surface area contributed by atoms with Crippen LogP contribution in [0.25, 0.3) is 11.1 Å². The number of hydrogen-bond donors (Lipinski definition) is 1. The normalized spacial score (nSPS) is 15.5. The van der Waals surface area contributed by atoms with Crippen molar-refractivity contribution in [3.05, 3.63) is 90.0 Å². The highest BCUT2D eigenvalue weighted by molar-refractivity contribution is 6.21. The molecule has 238 valence electrons. The van der Waals surface area contributed by atoms with Crippen molar-refractivity contribution < 1.29 is 19.1 Å². The van der Waals surface area contributed by atoms with E-state index in [0.29, 0.717) is 17.7 Å². The van der Waals surface area contributed by atoms with Crippen LogP contribution in [0, 0.1) is 0 Å². The van der Waals surface area contributed by atoms with Gasteiger partial charge in [-0.25, -0.2) is 4.79 Å². The number of anilines is 1. The number of nitrogens with zero attached hydrogens (tertiary/aromatic N) is 3. The van der Waals surface area contributed by atoms with Gasteiger partial charge in [0.05, 0.1) is 16.8 Å². The Kier molecular flexibility index (Phi) is 11.8. The lowest BCUT2D eigenvalue weighted by Crippen LogP contribution is -2.38. The fourth-order valence-electron chi connectivity index (χ4n) is 6.30. The van der Waals surface area contributed by atoms with Crippen LogP contribution in [0.1, 0.15) is 72.1 Å². The molecule has 3 aromatic rings. The summed E-state index contributed by atoms with van der Waals surface area (Å²) >= 11 is 0. The zero-order valence-corrected chi connectivity index (χ0v) is 26.5. The van der Waals surface area contributed by atoms with E-state index in [1.165, 1.54) is 30.6 Å². The fraction of sp³-hybridized carbons (Fsp3) is 0.432. The van der Waals surface area contributed by atoms with Crippen molar-refractivity contribution in [1.29, 1.82) is 0 Å². The highest BCUT2D eigenvalue weighted by Gasteiger charge is 2.34. The molecule has 8 heteroatoms. The highest BCUT2D eigenvalue weighted by Crippen LogP contribution is 2.28. The zero-order valence-electron chi connectivity index (χ0n) is 26.5. The summed E-state index contributed by atoms with van der Waals surface area (Å²) in [6.07, 6.45) is 8.11. The monoisotopic (exact) mass is 610 g/mol. The van der Waals surface area contributed by atoms with E-state index in [9.17, 15) is 14.4 Å². The molecule has 1 N–H and O–H groups in total. The van der Waals surface area contributed by atoms with Gasteiger partial charge in [0.25, 0.3) is 11.8 Å². The first-order chi connectivity index (χ1) is 22.0.